The number of aromatic nitrogens is 2. The van der Waals surface area contributed by atoms with E-state index in [1.807, 2.05) is 53.1 Å². The first-order valence-electron chi connectivity index (χ1n) is 9.08. The van der Waals surface area contributed by atoms with Gasteiger partial charge in [0, 0.05) is 22.7 Å². The first kappa shape index (κ1) is 20.9. The lowest BCUT2D eigenvalue weighted by molar-refractivity contribution is -0.139. The lowest BCUT2D eigenvalue weighted by atomic mass is 10.1. The summed E-state index contributed by atoms with van der Waals surface area (Å²) in [4.78, 5) is 28.7. The number of fused-ring (bicyclic) bond motifs is 1. The van der Waals surface area contributed by atoms with Gasteiger partial charge in [0.2, 0.25) is 0 Å². The van der Waals surface area contributed by atoms with E-state index in [1.165, 1.54) is 0 Å². The Balaban J connectivity index is 2.01. The van der Waals surface area contributed by atoms with Gasteiger partial charge in [-0.1, -0.05) is 30.3 Å². The fraction of sp³-hybridized carbons (Fsp3) is 0.286. The molecule has 0 spiro atoms. The number of aliphatic carboxylic acids is 1. The number of hydrogen-bond acceptors (Lipinski definition) is 4. The van der Waals surface area contributed by atoms with Crippen molar-refractivity contribution < 1.29 is 19.4 Å². The van der Waals surface area contributed by atoms with Crippen LogP contribution in [0.1, 0.15) is 26.5 Å². The third-order valence-electron chi connectivity index (χ3n) is 4.12. The molecule has 0 saturated heterocycles. The quantitative estimate of drug-likeness (QED) is 0.593. The van der Waals surface area contributed by atoms with Crippen LogP contribution in [0.15, 0.2) is 53.1 Å². The highest BCUT2D eigenvalue weighted by Crippen LogP contribution is 2.27. The minimum Gasteiger partial charge on any atom is -0.480 e. The zero-order valence-corrected chi connectivity index (χ0v) is 17.9. The molecule has 0 saturated carbocycles. The van der Waals surface area contributed by atoms with Crippen LogP contribution < -0.4 is 5.32 Å². The summed E-state index contributed by atoms with van der Waals surface area (Å²) in [5.41, 5.74) is 2.17. The van der Waals surface area contributed by atoms with Gasteiger partial charge in [0.05, 0.1) is 11.4 Å². The van der Waals surface area contributed by atoms with Gasteiger partial charge in [-0.15, -0.1) is 0 Å². The number of carbonyl (C=O) groups is 2. The van der Waals surface area contributed by atoms with Crippen LogP contribution in [0.4, 0.5) is 4.79 Å². The maximum absolute atomic E-state index is 12.1. The van der Waals surface area contributed by atoms with Crippen LogP contribution in [0.25, 0.3) is 16.9 Å². The van der Waals surface area contributed by atoms with E-state index < -0.39 is 23.7 Å². The van der Waals surface area contributed by atoms with Gasteiger partial charge in [-0.3, -0.25) is 0 Å². The molecule has 0 aliphatic rings. The molecule has 0 aliphatic carbocycles. The van der Waals surface area contributed by atoms with Gasteiger partial charge in [-0.05, 0) is 48.8 Å². The third kappa shape index (κ3) is 5.14. The molecule has 1 atom stereocenters. The number of carbonyl (C=O) groups excluding carboxylic acids is 1. The molecule has 0 aliphatic heterocycles. The number of nitrogens with one attached hydrogen (secondary N) is 1. The van der Waals surface area contributed by atoms with Crippen molar-refractivity contribution in [2.45, 2.75) is 38.8 Å². The van der Waals surface area contributed by atoms with Crippen molar-refractivity contribution in [3.8, 4) is 11.3 Å². The molecule has 2 aromatic heterocycles. The van der Waals surface area contributed by atoms with Gasteiger partial charge in [0.25, 0.3) is 0 Å². The summed E-state index contributed by atoms with van der Waals surface area (Å²) in [6.45, 7) is 5.16. The number of carboxylic acid groups (broad SMARTS) is 1. The molecule has 1 unspecified atom stereocenters. The second kappa shape index (κ2) is 8.24. The third-order valence-corrected chi connectivity index (χ3v) is 4.58. The van der Waals surface area contributed by atoms with Gasteiger partial charge in [-0.25, -0.2) is 14.6 Å². The summed E-state index contributed by atoms with van der Waals surface area (Å²) in [6, 6.07) is 12.1. The number of pyridine rings is 1. The maximum Gasteiger partial charge on any atom is 0.408 e. The molecule has 7 nitrogen and oxygen atoms in total. The number of rotatable bonds is 5. The second-order valence-electron chi connectivity index (χ2n) is 7.59. The van der Waals surface area contributed by atoms with Crippen LogP contribution in [0.3, 0.4) is 0 Å². The summed E-state index contributed by atoms with van der Waals surface area (Å²) in [5.74, 6) is -1.15. The lowest BCUT2D eigenvalue weighted by Gasteiger charge is -2.22. The van der Waals surface area contributed by atoms with Gasteiger partial charge >= 0.3 is 12.1 Å². The molecule has 1 amide bonds. The predicted molar refractivity (Wildman–Crippen MR) is 113 cm³/mol. The number of nitrogens with zero attached hydrogens (tertiary/aromatic N) is 2. The molecule has 8 heteroatoms. The molecular formula is C21H22BrN3O4. The number of halogens is 1. The second-order valence-corrected chi connectivity index (χ2v) is 8.51. The normalized spacial score (nSPS) is 12.6. The van der Waals surface area contributed by atoms with E-state index in [0.717, 1.165) is 10.0 Å². The Morgan fingerprint density at radius 1 is 1.21 bits per heavy atom. The molecule has 152 valence electrons. The summed E-state index contributed by atoms with van der Waals surface area (Å²) in [5, 5.41) is 12.2. The number of ether oxygens (including phenoxy) is 1. The molecule has 0 radical (unpaired) electrons. The Kier molecular flexibility index (Phi) is 5.93. The first-order chi connectivity index (χ1) is 13.6. The number of imidazole rings is 1. The standard InChI is InChI=1S/C21H22BrN3O4/c1-21(2,3)29-20(28)23-15(19(26)27)11-16-18(13-7-5-4-6-8-13)24-17-10-9-14(22)12-25(16)17/h4-10,12,15H,11H2,1-3H3,(H,23,28)(H,26,27). The van der Waals surface area contributed by atoms with Crippen molar-refractivity contribution >= 4 is 33.6 Å². The highest BCUT2D eigenvalue weighted by molar-refractivity contribution is 9.10. The summed E-state index contributed by atoms with van der Waals surface area (Å²) >= 11 is 3.45. The van der Waals surface area contributed by atoms with Gasteiger partial charge in [0.1, 0.15) is 17.3 Å². The summed E-state index contributed by atoms with van der Waals surface area (Å²) in [7, 11) is 0. The molecule has 0 bridgehead atoms. The van der Waals surface area contributed by atoms with Crippen molar-refractivity contribution in [1.29, 1.82) is 0 Å². The Bertz CT molecular complexity index is 1040. The van der Waals surface area contributed by atoms with E-state index in [0.29, 0.717) is 17.0 Å². The van der Waals surface area contributed by atoms with Crippen molar-refractivity contribution in [3.63, 3.8) is 0 Å². The largest absolute Gasteiger partial charge is 0.480 e. The Morgan fingerprint density at radius 3 is 2.52 bits per heavy atom. The number of carboxylic acids is 1. The van der Waals surface area contributed by atoms with E-state index >= 15 is 0 Å². The number of benzene rings is 1. The fourth-order valence-electron chi connectivity index (χ4n) is 2.93. The molecule has 3 aromatic rings. The fourth-order valence-corrected chi connectivity index (χ4v) is 3.27. The Morgan fingerprint density at radius 2 is 1.90 bits per heavy atom. The average molecular weight is 460 g/mol. The van der Waals surface area contributed by atoms with Gasteiger partial charge < -0.3 is 19.6 Å². The van der Waals surface area contributed by atoms with Crippen LogP contribution in [0.2, 0.25) is 0 Å². The van der Waals surface area contributed by atoms with Crippen LogP contribution in [-0.2, 0) is 16.0 Å². The molecule has 2 heterocycles. The van der Waals surface area contributed by atoms with Crippen LogP contribution in [0.5, 0.6) is 0 Å². The molecule has 2 N–H and O–H groups in total. The van der Waals surface area contributed by atoms with E-state index in [9.17, 15) is 14.7 Å². The van der Waals surface area contributed by atoms with E-state index in [2.05, 4.69) is 26.2 Å². The lowest BCUT2D eigenvalue weighted by Crippen LogP contribution is -2.44. The van der Waals surface area contributed by atoms with E-state index in [4.69, 9.17) is 4.74 Å². The predicted octanol–water partition coefficient (Wildman–Crippen LogP) is 4.28. The van der Waals surface area contributed by atoms with Crippen LogP contribution in [-0.4, -0.2) is 38.2 Å². The summed E-state index contributed by atoms with van der Waals surface area (Å²) < 4.78 is 7.88. The molecule has 1 aromatic carbocycles. The van der Waals surface area contributed by atoms with Gasteiger partial charge in [0.15, 0.2) is 0 Å². The smallest absolute Gasteiger partial charge is 0.408 e. The van der Waals surface area contributed by atoms with Crippen LogP contribution >= 0.6 is 15.9 Å². The highest BCUT2D eigenvalue weighted by atomic mass is 79.9. The Labute approximate surface area is 176 Å². The molecule has 0 fully saturated rings. The SMILES string of the molecule is CC(C)(C)OC(=O)NC(Cc1c(-c2ccccc2)nc2ccc(Br)cn12)C(=O)O. The molecule has 3 rings (SSSR count). The Hall–Kier alpha value is -2.87. The minimum atomic E-state index is -1.17. The van der Waals surface area contributed by atoms with Crippen molar-refractivity contribution in [3.05, 3.63) is 58.8 Å². The summed E-state index contributed by atoms with van der Waals surface area (Å²) in [6.07, 6.45) is 1.09. The topological polar surface area (TPSA) is 92.9 Å². The average Bonchev–Trinajstić information content (AvgIpc) is 2.98. The molecule has 29 heavy (non-hydrogen) atoms. The van der Waals surface area contributed by atoms with Crippen molar-refractivity contribution in [2.75, 3.05) is 0 Å². The maximum atomic E-state index is 12.1. The molecular weight excluding hydrogens is 438 g/mol. The van der Waals surface area contributed by atoms with Crippen LogP contribution in [0, 0.1) is 0 Å². The number of alkyl carbamates (subject to hydrolysis) is 1. The monoisotopic (exact) mass is 459 g/mol. The number of hydrogen-bond donors (Lipinski definition) is 2. The van der Waals surface area contributed by atoms with E-state index in [-0.39, 0.29) is 6.42 Å². The van der Waals surface area contributed by atoms with Gasteiger partial charge in [-0.2, -0.15) is 0 Å². The zero-order valence-electron chi connectivity index (χ0n) is 16.3. The zero-order chi connectivity index (χ0) is 21.2. The van der Waals surface area contributed by atoms with E-state index in [1.54, 1.807) is 20.8 Å². The van der Waals surface area contributed by atoms with Crippen molar-refractivity contribution in [1.82, 2.24) is 14.7 Å². The number of amides is 1. The first-order valence-corrected chi connectivity index (χ1v) is 9.87. The highest BCUT2D eigenvalue weighted by Gasteiger charge is 2.27. The minimum absolute atomic E-state index is 0.0381. The van der Waals surface area contributed by atoms with Crippen molar-refractivity contribution in [2.24, 2.45) is 0 Å².